The maximum Gasteiger partial charge on any atom is 0.0562 e. The fourth-order valence-electron chi connectivity index (χ4n) is 7.85. The van der Waals surface area contributed by atoms with Crippen LogP contribution in [0.2, 0.25) is 0 Å². The molecule has 2 nitrogen and oxygen atoms in total. The SMILES string of the molecule is c1ccc(-c2c3ccccc3c(-c3cccc(-n4c5ccccc5c5cc6ccn(-c7ccccc7)c6cc54)c3)c3ccccc23)cc1. The first-order valence-electron chi connectivity index (χ1n) is 16.5. The van der Waals surface area contributed by atoms with E-state index in [1.807, 2.05) is 0 Å². The Morgan fingerprint density at radius 2 is 0.854 bits per heavy atom. The predicted molar refractivity (Wildman–Crippen MR) is 203 cm³/mol. The molecular formula is C46H30N2. The molecule has 224 valence electrons. The highest BCUT2D eigenvalue weighted by Gasteiger charge is 2.19. The van der Waals surface area contributed by atoms with Crippen molar-refractivity contribution in [2.45, 2.75) is 0 Å². The molecule has 2 heterocycles. The second-order valence-electron chi connectivity index (χ2n) is 12.6. The van der Waals surface area contributed by atoms with E-state index in [0.29, 0.717) is 0 Å². The summed E-state index contributed by atoms with van der Waals surface area (Å²) in [7, 11) is 0. The van der Waals surface area contributed by atoms with Crippen molar-refractivity contribution >= 4 is 54.3 Å². The van der Waals surface area contributed by atoms with Crippen molar-refractivity contribution in [1.82, 2.24) is 9.13 Å². The van der Waals surface area contributed by atoms with Gasteiger partial charge in [0.2, 0.25) is 0 Å². The Kier molecular flexibility index (Phi) is 5.91. The lowest BCUT2D eigenvalue weighted by Crippen LogP contribution is -1.96. The second kappa shape index (κ2) is 10.6. The van der Waals surface area contributed by atoms with E-state index in [9.17, 15) is 0 Å². The maximum atomic E-state index is 2.44. The minimum atomic E-state index is 1.15. The Hall–Kier alpha value is -6.38. The van der Waals surface area contributed by atoms with Crippen molar-refractivity contribution < 1.29 is 0 Å². The zero-order chi connectivity index (χ0) is 31.6. The number of aromatic nitrogens is 2. The molecule has 10 aromatic rings. The molecule has 0 saturated carbocycles. The molecular weight excluding hydrogens is 581 g/mol. The summed E-state index contributed by atoms with van der Waals surface area (Å²) in [5.74, 6) is 0. The Labute approximate surface area is 278 Å². The quantitative estimate of drug-likeness (QED) is 0.175. The summed E-state index contributed by atoms with van der Waals surface area (Å²) in [5, 5.41) is 8.81. The van der Waals surface area contributed by atoms with E-state index in [-0.39, 0.29) is 0 Å². The Bertz CT molecular complexity index is 2760. The van der Waals surface area contributed by atoms with Crippen LogP contribution in [0.3, 0.4) is 0 Å². The van der Waals surface area contributed by atoms with Crippen molar-refractivity contribution in [3.8, 4) is 33.6 Å². The zero-order valence-corrected chi connectivity index (χ0v) is 26.2. The van der Waals surface area contributed by atoms with Gasteiger partial charge >= 0.3 is 0 Å². The molecule has 48 heavy (non-hydrogen) atoms. The topological polar surface area (TPSA) is 9.86 Å². The molecule has 8 aromatic carbocycles. The number of nitrogens with zero attached hydrogens (tertiary/aromatic N) is 2. The van der Waals surface area contributed by atoms with Crippen LogP contribution in [0.25, 0.3) is 87.9 Å². The molecule has 0 aliphatic heterocycles. The molecule has 0 aliphatic rings. The molecule has 0 fully saturated rings. The third-order valence-electron chi connectivity index (χ3n) is 9.91. The van der Waals surface area contributed by atoms with Crippen molar-refractivity contribution in [2.75, 3.05) is 0 Å². The molecule has 2 heteroatoms. The lowest BCUT2D eigenvalue weighted by molar-refractivity contribution is 1.12. The minimum absolute atomic E-state index is 1.15. The predicted octanol–water partition coefficient (Wildman–Crippen LogP) is 12.4. The summed E-state index contributed by atoms with van der Waals surface area (Å²) in [4.78, 5) is 0. The van der Waals surface area contributed by atoms with E-state index in [1.165, 1.54) is 76.5 Å². The van der Waals surface area contributed by atoms with Crippen molar-refractivity contribution in [3.05, 3.63) is 182 Å². The molecule has 0 bridgehead atoms. The summed E-state index contributed by atoms with van der Waals surface area (Å²) >= 11 is 0. The smallest absolute Gasteiger partial charge is 0.0562 e. The Morgan fingerprint density at radius 1 is 0.312 bits per heavy atom. The van der Waals surface area contributed by atoms with Gasteiger partial charge in [-0.05, 0) is 92.3 Å². The van der Waals surface area contributed by atoms with E-state index >= 15 is 0 Å². The number of benzene rings is 8. The van der Waals surface area contributed by atoms with Crippen LogP contribution in [0.1, 0.15) is 0 Å². The second-order valence-corrected chi connectivity index (χ2v) is 12.6. The van der Waals surface area contributed by atoms with Crippen LogP contribution < -0.4 is 0 Å². The number of hydrogen-bond acceptors (Lipinski definition) is 0. The van der Waals surface area contributed by atoms with E-state index in [2.05, 4.69) is 191 Å². The van der Waals surface area contributed by atoms with Gasteiger partial charge in [0.15, 0.2) is 0 Å². The lowest BCUT2D eigenvalue weighted by Gasteiger charge is -2.18. The first kappa shape index (κ1) is 26.8. The highest BCUT2D eigenvalue weighted by atomic mass is 15.0. The van der Waals surface area contributed by atoms with Gasteiger partial charge in [-0.15, -0.1) is 0 Å². The Balaban J connectivity index is 1.25. The summed E-state index contributed by atoms with van der Waals surface area (Å²) < 4.78 is 4.73. The van der Waals surface area contributed by atoms with Gasteiger partial charge in [-0.1, -0.05) is 127 Å². The first-order chi connectivity index (χ1) is 23.8. The highest BCUT2D eigenvalue weighted by Crippen LogP contribution is 2.44. The first-order valence-corrected chi connectivity index (χ1v) is 16.5. The number of para-hydroxylation sites is 2. The fraction of sp³-hybridized carbons (Fsp3) is 0. The molecule has 0 unspecified atom stereocenters. The summed E-state index contributed by atoms with van der Waals surface area (Å²) in [6.45, 7) is 0. The van der Waals surface area contributed by atoms with Crippen LogP contribution in [-0.2, 0) is 0 Å². The van der Waals surface area contributed by atoms with Crippen LogP contribution in [0, 0.1) is 0 Å². The highest BCUT2D eigenvalue weighted by molar-refractivity contribution is 6.21. The maximum absolute atomic E-state index is 2.44. The monoisotopic (exact) mass is 610 g/mol. The molecule has 0 radical (unpaired) electrons. The van der Waals surface area contributed by atoms with E-state index in [1.54, 1.807) is 0 Å². The molecule has 0 aliphatic carbocycles. The van der Waals surface area contributed by atoms with E-state index in [0.717, 1.165) is 11.4 Å². The van der Waals surface area contributed by atoms with Crippen LogP contribution in [0.15, 0.2) is 182 Å². The number of rotatable bonds is 4. The lowest BCUT2D eigenvalue weighted by atomic mass is 9.86. The van der Waals surface area contributed by atoms with Gasteiger partial charge in [0, 0.05) is 33.7 Å². The standard InChI is InChI=1S/C46H30N2/c1-3-14-31(15-4-1)45-37-21-7-9-23-39(37)46(40-24-10-8-22-38(40)45)33-16-13-19-35(28-33)48-42-25-12-11-20-36(42)41-29-32-26-27-47(43(32)30-44(41)48)34-17-5-2-6-18-34/h1-30H. The summed E-state index contributed by atoms with van der Waals surface area (Å²) in [6, 6.07) is 64.0. The molecule has 0 atom stereocenters. The molecule has 0 amide bonds. The zero-order valence-electron chi connectivity index (χ0n) is 26.2. The molecule has 0 N–H and O–H groups in total. The largest absolute Gasteiger partial charge is 0.316 e. The van der Waals surface area contributed by atoms with Gasteiger partial charge in [-0.2, -0.15) is 0 Å². The third-order valence-corrected chi connectivity index (χ3v) is 9.91. The van der Waals surface area contributed by atoms with Gasteiger partial charge in [-0.3, -0.25) is 0 Å². The van der Waals surface area contributed by atoms with Gasteiger partial charge in [-0.25, -0.2) is 0 Å². The minimum Gasteiger partial charge on any atom is -0.316 e. The van der Waals surface area contributed by atoms with Crippen molar-refractivity contribution in [1.29, 1.82) is 0 Å². The van der Waals surface area contributed by atoms with Gasteiger partial charge < -0.3 is 9.13 Å². The van der Waals surface area contributed by atoms with Crippen LogP contribution in [0.5, 0.6) is 0 Å². The van der Waals surface area contributed by atoms with Crippen LogP contribution >= 0.6 is 0 Å². The third kappa shape index (κ3) is 4.00. The molecule has 0 spiro atoms. The Morgan fingerprint density at radius 3 is 1.54 bits per heavy atom. The normalized spacial score (nSPS) is 11.8. The van der Waals surface area contributed by atoms with Gasteiger partial charge in [0.25, 0.3) is 0 Å². The summed E-state index contributed by atoms with van der Waals surface area (Å²) in [6.07, 6.45) is 2.18. The molecule has 2 aromatic heterocycles. The van der Waals surface area contributed by atoms with E-state index in [4.69, 9.17) is 0 Å². The average molecular weight is 611 g/mol. The van der Waals surface area contributed by atoms with Gasteiger partial charge in [0.1, 0.15) is 0 Å². The van der Waals surface area contributed by atoms with Crippen molar-refractivity contribution in [3.63, 3.8) is 0 Å². The van der Waals surface area contributed by atoms with Crippen LogP contribution in [0.4, 0.5) is 0 Å². The van der Waals surface area contributed by atoms with Crippen molar-refractivity contribution in [2.24, 2.45) is 0 Å². The molecule has 0 saturated heterocycles. The van der Waals surface area contributed by atoms with Gasteiger partial charge in [0.05, 0.1) is 16.6 Å². The van der Waals surface area contributed by atoms with E-state index < -0.39 is 0 Å². The summed E-state index contributed by atoms with van der Waals surface area (Å²) in [5.41, 5.74) is 10.9. The number of hydrogen-bond donors (Lipinski definition) is 0. The average Bonchev–Trinajstić information content (AvgIpc) is 3.72. The van der Waals surface area contributed by atoms with Crippen LogP contribution in [-0.4, -0.2) is 9.13 Å². The fourth-order valence-corrected chi connectivity index (χ4v) is 7.85. The number of fused-ring (bicyclic) bond motifs is 6. The molecule has 10 rings (SSSR count).